The molecule has 10 heavy (non-hydrogen) atoms. The molecule has 0 amide bonds. The normalized spacial score (nSPS) is 9.50. The number of aromatic nitrogens is 1. The quantitative estimate of drug-likeness (QED) is 0.687. The van der Waals surface area contributed by atoms with E-state index in [2.05, 4.69) is 0 Å². The van der Waals surface area contributed by atoms with Gasteiger partial charge in [-0.15, -0.1) is 12.3 Å². The number of hydrogen-bond donors (Lipinski definition) is 0. The van der Waals surface area contributed by atoms with Crippen molar-refractivity contribution < 1.29 is 31.1 Å². The zero-order valence-corrected chi connectivity index (χ0v) is 10.3. The van der Waals surface area contributed by atoms with E-state index >= 15 is 0 Å². The monoisotopic (exact) mass is 362 g/mol. The second-order valence-electron chi connectivity index (χ2n) is 2.35. The van der Waals surface area contributed by atoms with Gasteiger partial charge in [0.2, 0.25) is 0 Å². The van der Waals surface area contributed by atoms with Gasteiger partial charge in [0.15, 0.2) is 0 Å². The van der Waals surface area contributed by atoms with Gasteiger partial charge in [-0.1, -0.05) is 0 Å². The summed E-state index contributed by atoms with van der Waals surface area (Å²) in [7, 11) is 0. The van der Waals surface area contributed by atoms with Gasteiger partial charge in [-0.2, -0.15) is 6.07 Å². The summed E-state index contributed by atoms with van der Waals surface area (Å²) in [5.74, 6) is 0. The Morgan fingerprint density at radius 2 is 2.20 bits per heavy atom. The molecule has 1 aromatic heterocycles. The second-order valence-corrected chi connectivity index (χ2v) is 2.35. The molecule has 2 nitrogen and oxygen atoms in total. The van der Waals surface area contributed by atoms with Crippen LogP contribution in [0.3, 0.4) is 0 Å². The molecule has 0 fully saturated rings. The van der Waals surface area contributed by atoms with Gasteiger partial charge in [0, 0.05) is 37.2 Å². The van der Waals surface area contributed by atoms with Gasteiger partial charge in [0.25, 0.3) is 0 Å². The van der Waals surface area contributed by atoms with Gasteiger partial charge in [-0.3, -0.25) is 0 Å². The molecule has 0 spiro atoms. The van der Waals surface area contributed by atoms with Crippen LogP contribution in [0.4, 0.5) is 0 Å². The van der Waals surface area contributed by atoms with Gasteiger partial charge in [0.1, 0.15) is 0 Å². The molecule has 0 saturated carbocycles. The van der Waals surface area contributed by atoms with Crippen molar-refractivity contribution in [3.05, 3.63) is 28.7 Å². The van der Waals surface area contributed by atoms with Crippen molar-refractivity contribution in [2.75, 3.05) is 0 Å². The average molecular weight is 362 g/mol. The minimum atomic E-state index is 0. The molecule has 1 rings (SSSR count). The summed E-state index contributed by atoms with van der Waals surface area (Å²) in [6.07, 6.45) is 1.80. The van der Waals surface area contributed by atoms with Crippen LogP contribution in [0.5, 0.6) is 0 Å². The Hall–Kier alpha value is 0.132. The van der Waals surface area contributed by atoms with Gasteiger partial charge in [-0.25, -0.2) is 0 Å². The van der Waals surface area contributed by atoms with Crippen molar-refractivity contribution in [1.29, 1.82) is 0 Å². The molecule has 0 aliphatic carbocycles. The minimum Gasteiger partial charge on any atom is -0.428 e. The largest absolute Gasteiger partial charge is 0.428 e. The van der Waals surface area contributed by atoms with E-state index in [1.165, 1.54) is 0 Å². The van der Waals surface area contributed by atoms with Crippen molar-refractivity contribution in [2.24, 2.45) is 0 Å². The molecule has 0 radical (unpaired) electrons. The summed E-state index contributed by atoms with van der Waals surface area (Å²) in [4.78, 5) is 10.8. The SMILES string of the molecule is CC(C)n1[cH-]ccc1=O.[U]. The molecular weight excluding hydrogens is 352 g/mol. The number of rotatable bonds is 1. The third kappa shape index (κ3) is 2.07. The topological polar surface area (TPSA) is 22.0 Å². The molecule has 0 unspecified atom stereocenters. The Kier molecular flexibility index (Phi) is 4.16. The predicted octanol–water partition coefficient (Wildman–Crippen LogP) is 1.15. The van der Waals surface area contributed by atoms with Crippen molar-refractivity contribution in [2.45, 2.75) is 19.9 Å². The molecule has 3 heteroatoms. The predicted molar refractivity (Wildman–Crippen MR) is 36.7 cm³/mol. The van der Waals surface area contributed by atoms with Crippen molar-refractivity contribution in [1.82, 2.24) is 4.57 Å². The summed E-state index contributed by atoms with van der Waals surface area (Å²) in [6.45, 7) is 3.98. The molecular formula is C7H10NOU-. The number of hydrogen-bond acceptors (Lipinski definition) is 1. The molecule has 0 bridgehead atoms. The van der Waals surface area contributed by atoms with E-state index in [9.17, 15) is 4.79 Å². The smallest absolute Gasteiger partial charge is 0.0928 e. The van der Waals surface area contributed by atoms with Crippen molar-refractivity contribution in [3.8, 4) is 0 Å². The van der Waals surface area contributed by atoms with E-state index < -0.39 is 0 Å². The van der Waals surface area contributed by atoms with Crippen LogP contribution in [0.25, 0.3) is 0 Å². The molecule has 0 aliphatic heterocycles. The average Bonchev–Trinajstić information content (AvgIpc) is 2.13. The van der Waals surface area contributed by atoms with E-state index in [1.807, 2.05) is 13.8 Å². The summed E-state index contributed by atoms with van der Waals surface area (Å²) in [6, 6.07) is 3.62. The first-order chi connectivity index (χ1) is 4.22. The summed E-state index contributed by atoms with van der Waals surface area (Å²) >= 11 is 0. The Bertz CT molecular complexity index is 236. The Morgan fingerprint density at radius 1 is 1.60 bits per heavy atom. The first-order valence-electron chi connectivity index (χ1n) is 3.05. The Morgan fingerprint density at radius 3 is 2.40 bits per heavy atom. The van der Waals surface area contributed by atoms with E-state index in [-0.39, 0.29) is 42.7 Å². The molecule has 1 aromatic rings. The third-order valence-corrected chi connectivity index (χ3v) is 1.30. The molecule has 1 heterocycles. The van der Waals surface area contributed by atoms with Crippen LogP contribution in [0.2, 0.25) is 0 Å². The molecule has 0 N–H and O–H groups in total. The van der Waals surface area contributed by atoms with Crippen LogP contribution in [0.15, 0.2) is 23.1 Å². The zero-order chi connectivity index (χ0) is 6.85. The summed E-state index contributed by atoms with van der Waals surface area (Å²) < 4.78 is 1.69. The fourth-order valence-corrected chi connectivity index (χ4v) is 0.804. The standard InChI is InChI=1S/C7H10NO.U/c1-6(2)8-5-3-4-7(8)9;/h3-6H,1-2H3;/q-1;. The van der Waals surface area contributed by atoms with E-state index in [0.717, 1.165) is 0 Å². The van der Waals surface area contributed by atoms with Crippen LogP contribution < -0.4 is 5.56 Å². The van der Waals surface area contributed by atoms with Gasteiger partial charge >= 0.3 is 0 Å². The molecule has 0 aromatic carbocycles. The van der Waals surface area contributed by atoms with Gasteiger partial charge in [0.05, 0.1) is 5.56 Å². The van der Waals surface area contributed by atoms with Crippen LogP contribution in [-0.4, -0.2) is 4.57 Å². The maximum absolute atomic E-state index is 10.8. The van der Waals surface area contributed by atoms with E-state index in [0.29, 0.717) is 0 Å². The Labute approximate surface area is 84.0 Å². The van der Waals surface area contributed by atoms with Crippen molar-refractivity contribution in [3.63, 3.8) is 0 Å². The van der Waals surface area contributed by atoms with Gasteiger partial charge < -0.3 is 9.36 Å². The fraction of sp³-hybridized carbons (Fsp3) is 0.429. The van der Waals surface area contributed by atoms with Crippen molar-refractivity contribution >= 4 is 0 Å². The van der Waals surface area contributed by atoms with E-state index in [4.69, 9.17) is 0 Å². The van der Waals surface area contributed by atoms with Crippen LogP contribution >= 0.6 is 0 Å². The fourth-order valence-electron chi connectivity index (χ4n) is 0.804. The summed E-state index contributed by atoms with van der Waals surface area (Å²) in [5, 5.41) is 0. The summed E-state index contributed by atoms with van der Waals surface area (Å²) in [5.41, 5.74) is 0.0880. The van der Waals surface area contributed by atoms with Crippen LogP contribution in [0.1, 0.15) is 19.9 Å². The second kappa shape index (κ2) is 4.10. The van der Waals surface area contributed by atoms with Crippen LogP contribution in [0, 0.1) is 31.1 Å². The first-order valence-corrected chi connectivity index (χ1v) is 3.05. The van der Waals surface area contributed by atoms with Gasteiger partial charge in [-0.05, 0) is 13.8 Å². The van der Waals surface area contributed by atoms with Crippen LogP contribution in [-0.2, 0) is 0 Å². The molecule has 0 atom stereocenters. The zero-order valence-electron chi connectivity index (χ0n) is 6.16. The third-order valence-electron chi connectivity index (χ3n) is 1.30. The minimum absolute atomic E-state index is 0. The first kappa shape index (κ1) is 10.1. The van der Waals surface area contributed by atoms with E-state index in [1.54, 1.807) is 22.9 Å². The Balaban J connectivity index is 0.000000810. The maximum Gasteiger partial charge on any atom is 0.0928 e. The number of nitrogens with zero attached hydrogens (tertiary/aromatic N) is 1. The maximum atomic E-state index is 10.8. The molecule has 0 saturated heterocycles. The molecule has 0 aliphatic rings. The molecule has 54 valence electrons.